The molecule has 0 aliphatic heterocycles. The number of amides is 2. The van der Waals surface area contributed by atoms with Crippen LogP contribution in [0.15, 0.2) is 23.8 Å². The number of carbonyl (C=O) groups is 2. The highest BCUT2D eigenvalue weighted by Gasteiger charge is 2.18. The minimum atomic E-state index is -0.449. The van der Waals surface area contributed by atoms with Crippen LogP contribution in [0.25, 0.3) is 0 Å². The zero-order valence-electron chi connectivity index (χ0n) is 13.2. The molecule has 0 radical (unpaired) electrons. The first-order chi connectivity index (χ1) is 10.9. The molecule has 0 spiro atoms. The molecule has 1 aromatic heterocycles. The summed E-state index contributed by atoms with van der Waals surface area (Å²) in [7, 11) is 1.32. The Morgan fingerprint density at radius 3 is 2.78 bits per heavy atom. The lowest BCUT2D eigenvalue weighted by molar-refractivity contribution is -0.141. The van der Waals surface area contributed by atoms with Gasteiger partial charge in [-0.15, -0.1) is 5.10 Å². The summed E-state index contributed by atoms with van der Waals surface area (Å²) >= 11 is 6.05. The van der Waals surface area contributed by atoms with E-state index in [1.54, 1.807) is 0 Å². The van der Waals surface area contributed by atoms with Crippen LogP contribution in [0.2, 0.25) is 0 Å². The number of allylic oxidation sites excluding steroid dienone is 3. The number of esters is 1. The number of nitrogens with zero attached hydrogens (tertiary/aromatic N) is 1. The average Bonchev–Trinajstić information content (AvgIpc) is 2.89. The lowest BCUT2D eigenvalue weighted by atomic mass is 10.0. The van der Waals surface area contributed by atoms with Gasteiger partial charge < -0.3 is 10.1 Å². The van der Waals surface area contributed by atoms with Gasteiger partial charge in [-0.3, -0.25) is 15.2 Å². The van der Waals surface area contributed by atoms with Gasteiger partial charge in [0.2, 0.25) is 5.13 Å². The predicted molar refractivity (Wildman–Crippen MR) is 93.1 cm³/mol. The lowest BCUT2D eigenvalue weighted by Crippen LogP contribution is -2.39. The van der Waals surface area contributed by atoms with Crippen LogP contribution < -0.4 is 10.6 Å². The second-order valence-electron chi connectivity index (χ2n) is 4.74. The first-order valence-electron chi connectivity index (χ1n) is 6.93. The van der Waals surface area contributed by atoms with Crippen LogP contribution in [0, 0.1) is 3.95 Å². The number of rotatable bonds is 7. The van der Waals surface area contributed by atoms with E-state index in [-0.39, 0.29) is 18.4 Å². The van der Waals surface area contributed by atoms with Gasteiger partial charge >= 0.3 is 12.0 Å². The number of aromatic nitrogens is 2. The minimum absolute atomic E-state index is 0.0845. The standard InChI is InChI=1S/C14H20N4O3S2/c1-4-5-6-9(2)7-10(8-11(19)21-3)15-12(20)16-13-17-18-14(22)23-13/h4-6,10H,7-8H2,1-3H3,(H,18,22)(H2,15,16,17,20)/b5-4-,9-6+. The highest BCUT2D eigenvalue weighted by Crippen LogP contribution is 2.12. The van der Waals surface area contributed by atoms with E-state index in [2.05, 4.69) is 25.6 Å². The number of H-pyrrole nitrogens is 1. The highest BCUT2D eigenvalue weighted by molar-refractivity contribution is 7.73. The first kappa shape index (κ1) is 19.0. The summed E-state index contributed by atoms with van der Waals surface area (Å²) < 4.78 is 5.14. The first-order valence-corrected chi connectivity index (χ1v) is 8.15. The molecule has 0 bridgehead atoms. The lowest BCUT2D eigenvalue weighted by Gasteiger charge is -2.18. The van der Waals surface area contributed by atoms with Crippen molar-refractivity contribution in [3.8, 4) is 0 Å². The van der Waals surface area contributed by atoms with Crippen molar-refractivity contribution in [2.75, 3.05) is 12.4 Å². The van der Waals surface area contributed by atoms with Crippen LogP contribution in [0.5, 0.6) is 0 Å². The zero-order valence-corrected chi connectivity index (χ0v) is 14.8. The van der Waals surface area contributed by atoms with Gasteiger partial charge in [0.05, 0.1) is 13.5 Å². The summed E-state index contributed by atoms with van der Waals surface area (Å²) in [4.78, 5) is 23.5. The van der Waals surface area contributed by atoms with Crippen LogP contribution in [0.1, 0.15) is 26.7 Å². The third-order valence-corrected chi connectivity index (χ3v) is 3.78. The Bertz CT molecular complexity index is 648. The molecule has 3 N–H and O–H groups in total. The largest absolute Gasteiger partial charge is 0.469 e. The van der Waals surface area contributed by atoms with E-state index in [0.29, 0.717) is 15.5 Å². The summed E-state index contributed by atoms with van der Waals surface area (Å²) in [5.74, 6) is -0.385. The fourth-order valence-corrected chi connectivity index (χ4v) is 2.56. The van der Waals surface area contributed by atoms with Crippen LogP contribution in [0.3, 0.4) is 0 Å². The molecule has 1 aromatic rings. The summed E-state index contributed by atoms with van der Waals surface area (Å²) in [5.41, 5.74) is 1.03. The van der Waals surface area contributed by atoms with Gasteiger partial charge in [0, 0.05) is 6.04 Å². The maximum absolute atomic E-state index is 12.0. The van der Waals surface area contributed by atoms with Crippen molar-refractivity contribution >= 4 is 40.7 Å². The Morgan fingerprint density at radius 2 is 2.22 bits per heavy atom. The molecule has 2 amide bonds. The Hall–Kier alpha value is -2.00. The van der Waals surface area contributed by atoms with Gasteiger partial charge in [0.25, 0.3) is 0 Å². The fraction of sp³-hybridized carbons (Fsp3) is 0.429. The number of urea groups is 1. The number of carbonyl (C=O) groups excluding carboxylic acids is 2. The third-order valence-electron chi connectivity index (χ3n) is 2.78. The number of ether oxygens (including phenoxy) is 1. The van der Waals surface area contributed by atoms with Crippen molar-refractivity contribution < 1.29 is 14.3 Å². The molecule has 1 unspecified atom stereocenters. The minimum Gasteiger partial charge on any atom is -0.469 e. The quantitative estimate of drug-likeness (QED) is 0.396. The normalized spacial score (nSPS) is 12.9. The number of anilines is 1. The number of nitrogens with one attached hydrogen (secondary N) is 3. The number of aromatic amines is 1. The summed E-state index contributed by atoms with van der Waals surface area (Å²) in [6, 6.07) is -0.827. The van der Waals surface area contributed by atoms with Crippen LogP contribution >= 0.6 is 23.6 Å². The molecule has 1 heterocycles. The van der Waals surface area contributed by atoms with Gasteiger partial charge in [-0.25, -0.2) is 4.79 Å². The number of methoxy groups -OCH3 is 1. The summed E-state index contributed by atoms with van der Waals surface area (Å²) in [6.45, 7) is 3.85. The Labute approximate surface area is 143 Å². The van der Waals surface area contributed by atoms with Gasteiger partial charge in [0.15, 0.2) is 3.95 Å². The van der Waals surface area contributed by atoms with Crippen molar-refractivity contribution in [3.63, 3.8) is 0 Å². The molecule has 7 nitrogen and oxygen atoms in total. The van der Waals surface area contributed by atoms with E-state index in [9.17, 15) is 9.59 Å². The van der Waals surface area contributed by atoms with Crippen LogP contribution in [-0.2, 0) is 9.53 Å². The number of hydrogen-bond donors (Lipinski definition) is 3. The van der Waals surface area contributed by atoms with Crippen LogP contribution in [-0.4, -0.2) is 35.3 Å². The van der Waals surface area contributed by atoms with Gasteiger partial charge in [0.1, 0.15) is 0 Å². The van der Waals surface area contributed by atoms with E-state index in [0.717, 1.165) is 16.9 Å². The highest BCUT2D eigenvalue weighted by atomic mass is 32.1. The molecule has 23 heavy (non-hydrogen) atoms. The number of hydrogen-bond acceptors (Lipinski definition) is 6. The molecule has 9 heteroatoms. The van der Waals surface area contributed by atoms with E-state index in [1.807, 2.05) is 32.1 Å². The maximum Gasteiger partial charge on any atom is 0.321 e. The van der Waals surface area contributed by atoms with Crippen molar-refractivity contribution in [1.29, 1.82) is 0 Å². The van der Waals surface area contributed by atoms with Crippen molar-refractivity contribution in [3.05, 3.63) is 27.8 Å². The summed E-state index contributed by atoms with van der Waals surface area (Å²) in [6.07, 6.45) is 6.36. The van der Waals surface area contributed by atoms with Gasteiger partial charge in [-0.05, 0) is 32.5 Å². The Kier molecular flexibility index (Phi) is 8.20. The second kappa shape index (κ2) is 9.90. The second-order valence-corrected chi connectivity index (χ2v) is 6.40. The van der Waals surface area contributed by atoms with Crippen LogP contribution in [0.4, 0.5) is 9.93 Å². The maximum atomic E-state index is 12.0. The molecular weight excluding hydrogens is 336 g/mol. The summed E-state index contributed by atoms with van der Waals surface area (Å²) in [5, 5.41) is 12.1. The zero-order chi connectivity index (χ0) is 17.2. The molecule has 1 atom stereocenters. The topological polar surface area (TPSA) is 96.1 Å². The monoisotopic (exact) mass is 356 g/mol. The molecule has 0 aliphatic rings. The molecule has 0 saturated heterocycles. The van der Waals surface area contributed by atoms with Gasteiger partial charge in [-0.2, -0.15) is 0 Å². The van der Waals surface area contributed by atoms with Crippen molar-refractivity contribution in [2.45, 2.75) is 32.7 Å². The molecule has 0 aromatic carbocycles. The predicted octanol–water partition coefficient (Wildman–Crippen LogP) is 3.17. The fourth-order valence-electron chi connectivity index (χ4n) is 1.78. The molecule has 1 rings (SSSR count). The SMILES string of the molecule is C/C=C\C=C(/C)CC(CC(=O)OC)NC(=O)Nc1n[nH]c(=S)s1. The van der Waals surface area contributed by atoms with E-state index >= 15 is 0 Å². The molecule has 126 valence electrons. The average molecular weight is 356 g/mol. The molecule has 0 fully saturated rings. The smallest absolute Gasteiger partial charge is 0.321 e. The Morgan fingerprint density at radius 1 is 1.48 bits per heavy atom. The molecular formula is C14H20N4O3S2. The van der Waals surface area contributed by atoms with Crippen molar-refractivity contribution in [1.82, 2.24) is 15.5 Å². The van der Waals surface area contributed by atoms with Gasteiger partial charge in [-0.1, -0.05) is 35.1 Å². The molecule has 0 aliphatic carbocycles. The van der Waals surface area contributed by atoms with E-state index in [4.69, 9.17) is 12.2 Å². The Balaban J connectivity index is 2.68. The van der Waals surface area contributed by atoms with Crippen molar-refractivity contribution in [2.24, 2.45) is 0 Å². The third kappa shape index (κ3) is 7.71. The van der Waals surface area contributed by atoms with E-state index in [1.165, 1.54) is 7.11 Å². The molecule has 0 saturated carbocycles. The van der Waals surface area contributed by atoms with E-state index < -0.39 is 6.03 Å².